The average Bonchev–Trinajstić information content (AvgIpc) is 3.62. The first-order valence-electron chi connectivity index (χ1n) is 13.2. The molecule has 0 radical (unpaired) electrons. The van der Waals surface area contributed by atoms with Crippen LogP contribution < -0.4 is 25.9 Å². The minimum Gasteiger partial charge on any atom is -0.490 e. The number of hydrogen-bond donors (Lipinski definition) is 3. The summed E-state index contributed by atoms with van der Waals surface area (Å²) in [6.45, 7) is 4.91. The molecule has 0 saturated heterocycles. The maximum absolute atomic E-state index is 13.2. The molecule has 0 unspecified atom stereocenters. The Hall–Kier alpha value is -5.24. The van der Waals surface area contributed by atoms with Gasteiger partial charge in [0.25, 0.3) is 5.91 Å². The van der Waals surface area contributed by atoms with Gasteiger partial charge >= 0.3 is 0 Å². The summed E-state index contributed by atoms with van der Waals surface area (Å²) in [5.41, 5.74) is 12.5. The van der Waals surface area contributed by atoms with Crippen molar-refractivity contribution in [3.63, 3.8) is 0 Å². The van der Waals surface area contributed by atoms with E-state index in [1.54, 1.807) is 6.07 Å². The number of amides is 1. The van der Waals surface area contributed by atoms with E-state index in [0.29, 0.717) is 40.4 Å². The van der Waals surface area contributed by atoms with E-state index >= 15 is 0 Å². The third-order valence-electron chi connectivity index (χ3n) is 6.12. The number of nitrogens with two attached hydrogens (primary N) is 1. The van der Waals surface area contributed by atoms with Gasteiger partial charge in [-0.15, -0.1) is 5.10 Å². The van der Waals surface area contributed by atoms with Crippen molar-refractivity contribution < 1.29 is 18.9 Å². The molecule has 0 aliphatic carbocycles. The highest BCUT2D eigenvalue weighted by Crippen LogP contribution is 2.37. The normalized spacial score (nSPS) is 11.0. The molecule has 2 heterocycles. The second kappa shape index (κ2) is 13.6. The van der Waals surface area contributed by atoms with Gasteiger partial charge in [0, 0.05) is 5.69 Å². The third kappa shape index (κ3) is 7.16. The van der Waals surface area contributed by atoms with Crippen LogP contribution in [-0.2, 0) is 13.2 Å². The van der Waals surface area contributed by atoms with Crippen molar-refractivity contribution in [2.45, 2.75) is 27.0 Å². The monoisotopic (exact) mass is 645 g/mol. The lowest BCUT2D eigenvalue weighted by molar-refractivity contribution is 0.0949. The first-order valence-corrected chi connectivity index (χ1v) is 14.0. The molecular formula is C29H28BrN9O4. The molecule has 220 valence electrons. The smallest absolute Gasteiger partial charge is 0.293 e. The van der Waals surface area contributed by atoms with Crippen LogP contribution in [0.15, 0.2) is 80.9 Å². The van der Waals surface area contributed by atoms with Crippen LogP contribution >= 0.6 is 15.9 Å². The molecule has 0 atom stereocenters. The molecule has 0 spiro atoms. The second-order valence-electron chi connectivity index (χ2n) is 9.23. The average molecular weight is 647 g/mol. The SMILES string of the molecule is CCOc1cc(/C=N\NC(=O)c2nnn(-c3nonc3N)c2CNc2ccccc2)cc(Br)c1OCc1ccc(C)cc1. The summed E-state index contributed by atoms with van der Waals surface area (Å²) in [6, 6.07) is 21.2. The molecule has 0 fully saturated rings. The summed E-state index contributed by atoms with van der Waals surface area (Å²) in [4.78, 5) is 13.2. The van der Waals surface area contributed by atoms with Crippen LogP contribution in [0.5, 0.6) is 11.5 Å². The fraction of sp³-hybridized carbons (Fsp3) is 0.172. The zero-order valence-corrected chi connectivity index (χ0v) is 24.9. The number of carbonyl (C=O) groups is 1. The summed E-state index contributed by atoms with van der Waals surface area (Å²) in [5.74, 6) is 0.616. The van der Waals surface area contributed by atoms with E-state index in [1.807, 2.05) is 74.5 Å². The van der Waals surface area contributed by atoms with Gasteiger partial charge in [-0.1, -0.05) is 53.2 Å². The van der Waals surface area contributed by atoms with Crippen molar-refractivity contribution in [2.75, 3.05) is 17.7 Å². The highest BCUT2D eigenvalue weighted by atomic mass is 79.9. The fourth-order valence-corrected chi connectivity index (χ4v) is 4.58. The van der Waals surface area contributed by atoms with Crippen LogP contribution in [0.4, 0.5) is 11.5 Å². The molecule has 13 nitrogen and oxygen atoms in total. The Kier molecular flexibility index (Phi) is 9.26. The highest BCUT2D eigenvalue weighted by molar-refractivity contribution is 9.10. The Morgan fingerprint density at radius 1 is 1.12 bits per heavy atom. The number of carbonyl (C=O) groups excluding carboxylic acids is 1. The number of halogens is 1. The molecule has 0 bridgehead atoms. The quantitative estimate of drug-likeness (QED) is 0.128. The van der Waals surface area contributed by atoms with E-state index in [9.17, 15) is 4.79 Å². The molecule has 0 aliphatic rings. The number of para-hydroxylation sites is 1. The van der Waals surface area contributed by atoms with Crippen molar-refractivity contribution in [2.24, 2.45) is 5.10 Å². The van der Waals surface area contributed by atoms with E-state index in [0.717, 1.165) is 11.3 Å². The topological polar surface area (TPSA) is 168 Å². The van der Waals surface area contributed by atoms with Crippen LogP contribution in [0.1, 0.15) is 39.8 Å². The van der Waals surface area contributed by atoms with Gasteiger partial charge in [-0.05, 0) is 75.5 Å². The summed E-state index contributed by atoms with van der Waals surface area (Å²) in [7, 11) is 0. The largest absolute Gasteiger partial charge is 0.490 e. The standard InChI is InChI=1S/C29H28BrN9O4/c1-3-41-24-14-20(13-22(30)26(24)42-17-19-11-9-18(2)10-12-19)15-33-35-29(40)25-23(16-32-21-7-5-4-6-8-21)39(38-34-25)28-27(31)36-43-37-28/h4-15,32H,3,16-17H2,1-2H3,(H2,31,36)(H,35,40)/b33-15-. The van der Waals surface area contributed by atoms with Gasteiger partial charge in [0.05, 0.1) is 29.5 Å². The number of nitrogens with zero attached hydrogens (tertiary/aromatic N) is 6. The number of nitrogen functional groups attached to an aromatic ring is 1. The Labute approximate surface area is 255 Å². The van der Waals surface area contributed by atoms with E-state index in [2.05, 4.69) is 52.4 Å². The maximum Gasteiger partial charge on any atom is 0.293 e. The molecule has 43 heavy (non-hydrogen) atoms. The number of ether oxygens (including phenoxy) is 2. The molecule has 1 amide bonds. The highest BCUT2D eigenvalue weighted by Gasteiger charge is 2.24. The van der Waals surface area contributed by atoms with Gasteiger partial charge in [0.15, 0.2) is 17.2 Å². The number of benzene rings is 3. The Morgan fingerprint density at radius 2 is 1.91 bits per heavy atom. The minimum absolute atomic E-state index is 0.00203. The number of hydrazone groups is 1. The lowest BCUT2D eigenvalue weighted by Gasteiger charge is -2.15. The second-order valence-corrected chi connectivity index (χ2v) is 10.1. The van der Waals surface area contributed by atoms with Gasteiger partial charge in [0.2, 0.25) is 11.6 Å². The van der Waals surface area contributed by atoms with Crippen LogP contribution in [-0.4, -0.2) is 44.0 Å². The summed E-state index contributed by atoms with van der Waals surface area (Å²) in [6.07, 6.45) is 1.49. The molecule has 14 heteroatoms. The fourth-order valence-electron chi connectivity index (χ4n) is 4.01. The van der Waals surface area contributed by atoms with E-state index in [-0.39, 0.29) is 23.9 Å². The summed E-state index contributed by atoms with van der Waals surface area (Å²) < 4.78 is 18.6. The van der Waals surface area contributed by atoms with Crippen molar-refractivity contribution >= 4 is 39.6 Å². The molecular weight excluding hydrogens is 618 g/mol. The van der Waals surface area contributed by atoms with E-state index < -0.39 is 5.91 Å². The number of anilines is 2. The number of hydrogen-bond acceptors (Lipinski definition) is 11. The minimum atomic E-state index is -0.593. The van der Waals surface area contributed by atoms with Crippen LogP contribution in [0, 0.1) is 6.92 Å². The van der Waals surface area contributed by atoms with Gasteiger partial charge < -0.3 is 20.5 Å². The lowest BCUT2D eigenvalue weighted by atomic mass is 10.2. The number of aryl methyl sites for hydroxylation is 1. The number of aromatic nitrogens is 5. The van der Waals surface area contributed by atoms with Gasteiger partial charge in [0.1, 0.15) is 6.61 Å². The molecule has 5 aromatic rings. The predicted octanol–water partition coefficient (Wildman–Crippen LogP) is 4.66. The Bertz CT molecular complexity index is 1720. The van der Waals surface area contributed by atoms with Crippen LogP contribution in [0.3, 0.4) is 0 Å². The van der Waals surface area contributed by atoms with E-state index in [1.165, 1.54) is 16.5 Å². The molecule has 2 aromatic heterocycles. The first-order chi connectivity index (χ1) is 20.9. The summed E-state index contributed by atoms with van der Waals surface area (Å²) in [5, 5.41) is 22.8. The Balaban J connectivity index is 1.32. The zero-order valence-electron chi connectivity index (χ0n) is 23.3. The third-order valence-corrected chi connectivity index (χ3v) is 6.71. The van der Waals surface area contributed by atoms with Gasteiger partial charge in [-0.3, -0.25) is 4.79 Å². The number of nitrogens with one attached hydrogen (secondary N) is 2. The zero-order chi connectivity index (χ0) is 30.2. The first kappa shape index (κ1) is 29.3. The van der Waals surface area contributed by atoms with Crippen LogP contribution in [0.25, 0.3) is 5.82 Å². The van der Waals surface area contributed by atoms with Gasteiger partial charge in [-0.2, -0.15) is 9.78 Å². The van der Waals surface area contributed by atoms with Crippen LogP contribution in [0.2, 0.25) is 0 Å². The molecule has 3 aromatic carbocycles. The lowest BCUT2D eigenvalue weighted by Crippen LogP contribution is -2.21. The predicted molar refractivity (Wildman–Crippen MR) is 163 cm³/mol. The molecule has 5 rings (SSSR count). The molecule has 0 saturated carbocycles. The van der Waals surface area contributed by atoms with Gasteiger partial charge in [-0.25, -0.2) is 10.1 Å². The molecule has 4 N–H and O–H groups in total. The molecule has 0 aliphatic heterocycles. The van der Waals surface area contributed by atoms with E-state index in [4.69, 9.17) is 19.8 Å². The van der Waals surface area contributed by atoms with Crippen molar-refractivity contribution in [1.29, 1.82) is 0 Å². The summed E-state index contributed by atoms with van der Waals surface area (Å²) >= 11 is 3.57. The maximum atomic E-state index is 13.2. The van der Waals surface area contributed by atoms with Crippen molar-refractivity contribution in [3.8, 4) is 17.3 Å². The van der Waals surface area contributed by atoms with Crippen molar-refractivity contribution in [3.05, 3.63) is 99.3 Å². The number of rotatable bonds is 12. The Morgan fingerprint density at radius 3 is 2.63 bits per heavy atom. The van der Waals surface area contributed by atoms with Crippen molar-refractivity contribution in [1.82, 2.24) is 30.7 Å².